The maximum Gasteiger partial charge on any atom is 0.236 e. The van der Waals surface area contributed by atoms with E-state index < -0.39 is 0 Å². The van der Waals surface area contributed by atoms with Gasteiger partial charge in [0.1, 0.15) is 6.42 Å². The molecule has 1 aromatic carbocycles. The van der Waals surface area contributed by atoms with E-state index in [9.17, 15) is 4.79 Å². The Morgan fingerprint density at radius 3 is 2.88 bits per heavy atom. The zero-order chi connectivity index (χ0) is 12.3. The second kappa shape index (κ2) is 4.78. The third-order valence-electron chi connectivity index (χ3n) is 2.18. The van der Waals surface area contributed by atoms with E-state index in [1.165, 1.54) is 0 Å². The molecule has 0 unspecified atom stereocenters. The van der Waals surface area contributed by atoms with Crippen molar-refractivity contribution in [2.24, 2.45) is 0 Å². The molecule has 0 fully saturated rings. The summed E-state index contributed by atoms with van der Waals surface area (Å²) in [6.45, 7) is 3.68. The lowest BCUT2D eigenvalue weighted by Crippen LogP contribution is -2.14. The number of anilines is 1. The average molecular weight is 231 g/mol. The molecule has 0 spiro atoms. The van der Waals surface area contributed by atoms with E-state index in [-0.39, 0.29) is 12.3 Å². The molecule has 2 aromatic rings. The Morgan fingerprint density at radius 1 is 1.41 bits per heavy atom. The topological polar surface area (TPSA) is 68.0 Å². The van der Waals surface area contributed by atoms with E-state index >= 15 is 0 Å². The van der Waals surface area contributed by atoms with E-state index in [2.05, 4.69) is 15.5 Å². The lowest BCUT2D eigenvalue weighted by molar-refractivity contribution is -0.115. The largest absolute Gasteiger partial charge is 0.339 e. The molecule has 0 aliphatic rings. The van der Waals surface area contributed by atoms with Crippen LogP contribution in [-0.2, 0) is 11.2 Å². The molecule has 0 saturated heterocycles. The first kappa shape index (κ1) is 11.3. The van der Waals surface area contributed by atoms with Crippen LogP contribution in [0.4, 0.5) is 5.69 Å². The number of benzene rings is 1. The summed E-state index contributed by atoms with van der Waals surface area (Å²) in [7, 11) is 0. The minimum absolute atomic E-state index is 0.0920. The van der Waals surface area contributed by atoms with Crippen LogP contribution in [0.5, 0.6) is 0 Å². The summed E-state index contributed by atoms with van der Waals surface area (Å²) in [6, 6.07) is 7.60. The van der Waals surface area contributed by atoms with Gasteiger partial charge in [-0.25, -0.2) is 0 Å². The molecule has 88 valence electrons. The number of amides is 1. The maximum absolute atomic E-state index is 11.7. The number of nitrogens with one attached hydrogen (secondary N) is 1. The molecule has 0 atom stereocenters. The third kappa shape index (κ3) is 3.14. The number of carbonyl (C=O) groups is 1. The zero-order valence-electron chi connectivity index (χ0n) is 9.73. The molecular formula is C12H13N3O2. The van der Waals surface area contributed by atoms with Gasteiger partial charge < -0.3 is 9.84 Å². The first-order valence-electron chi connectivity index (χ1n) is 5.29. The fourth-order valence-corrected chi connectivity index (χ4v) is 1.48. The third-order valence-corrected chi connectivity index (χ3v) is 2.18. The lowest BCUT2D eigenvalue weighted by Gasteiger charge is -2.03. The molecule has 1 N–H and O–H groups in total. The van der Waals surface area contributed by atoms with Crippen LogP contribution in [0.1, 0.15) is 17.3 Å². The van der Waals surface area contributed by atoms with Crippen molar-refractivity contribution in [3.05, 3.63) is 41.5 Å². The molecule has 5 heteroatoms. The Hall–Kier alpha value is -2.17. The fraction of sp³-hybridized carbons (Fsp3) is 0.250. The Labute approximate surface area is 98.8 Å². The van der Waals surface area contributed by atoms with E-state index in [1.807, 2.05) is 31.2 Å². The number of hydrogen-bond acceptors (Lipinski definition) is 4. The number of hydrogen-bond donors (Lipinski definition) is 1. The molecule has 1 amide bonds. The van der Waals surface area contributed by atoms with Gasteiger partial charge in [-0.1, -0.05) is 17.3 Å². The van der Waals surface area contributed by atoms with Gasteiger partial charge in [0.2, 0.25) is 11.8 Å². The average Bonchev–Trinajstić information content (AvgIpc) is 2.63. The van der Waals surface area contributed by atoms with Crippen molar-refractivity contribution in [2.45, 2.75) is 20.3 Å². The van der Waals surface area contributed by atoms with E-state index in [1.54, 1.807) is 6.92 Å². The summed E-state index contributed by atoms with van der Waals surface area (Å²) in [4.78, 5) is 15.6. The van der Waals surface area contributed by atoms with Gasteiger partial charge in [0.25, 0.3) is 0 Å². The fourth-order valence-electron chi connectivity index (χ4n) is 1.48. The van der Waals surface area contributed by atoms with Crippen molar-refractivity contribution >= 4 is 11.6 Å². The summed E-state index contributed by atoms with van der Waals surface area (Å²) in [5.74, 6) is 0.690. The molecule has 1 heterocycles. The number of rotatable bonds is 3. The van der Waals surface area contributed by atoms with Gasteiger partial charge in [0, 0.05) is 5.69 Å². The number of aromatic nitrogens is 2. The highest BCUT2D eigenvalue weighted by Gasteiger charge is 2.09. The van der Waals surface area contributed by atoms with Crippen LogP contribution in [0.25, 0.3) is 0 Å². The molecule has 0 bridgehead atoms. The second-order valence-electron chi connectivity index (χ2n) is 3.83. The van der Waals surface area contributed by atoms with Crippen LogP contribution in [0.2, 0.25) is 0 Å². The normalized spacial score (nSPS) is 10.2. The Kier molecular flexibility index (Phi) is 3.18. The number of carbonyl (C=O) groups excluding carboxylic acids is 1. The molecular weight excluding hydrogens is 218 g/mol. The van der Waals surface area contributed by atoms with E-state index in [4.69, 9.17) is 4.52 Å². The first-order valence-corrected chi connectivity index (χ1v) is 5.29. The van der Waals surface area contributed by atoms with Gasteiger partial charge in [0.15, 0.2) is 5.82 Å². The van der Waals surface area contributed by atoms with Crippen LogP contribution in [0.3, 0.4) is 0 Å². The van der Waals surface area contributed by atoms with Crippen molar-refractivity contribution in [3.8, 4) is 0 Å². The molecule has 17 heavy (non-hydrogen) atoms. The van der Waals surface area contributed by atoms with Crippen molar-refractivity contribution in [3.63, 3.8) is 0 Å². The lowest BCUT2D eigenvalue weighted by atomic mass is 10.2. The van der Waals surface area contributed by atoms with E-state index in [0.717, 1.165) is 11.3 Å². The SMILES string of the molecule is Cc1cccc(NC(=O)Cc2nc(C)no2)c1. The second-order valence-corrected chi connectivity index (χ2v) is 3.83. The highest BCUT2D eigenvalue weighted by atomic mass is 16.5. The van der Waals surface area contributed by atoms with Crippen LogP contribution in [0, 0.1) is 13.8 Å². The van der Waals surface area contributed by atoms with Gasteiger partial charge in [-0.2, -0.15) is 4.98 Å². The van der Waals surface area contributed by atoms with Crippen molar-refractivity contribution in [1.82, 2.24) is 10.1 Å². The Balaban J connectivity index is 1.98. The molecule has 0 aliphatic heterocycles. The van der Waals surface area contributed by atoms with Gasteiger partial charge >= 0.3 is 0 Å². The van der Waals surface area contributed by atoms with Gasteiger partial charge in [0.05, 0.1) is 0 Å². The predicted molar refractivity (Wildman–Crippen MR) is 62.5 cm³/mol. The Morgan fingerprint density at radius 2 is 2.24 bits per heavy atom. The smallest absolute Gasteiger partial charge is 0.236 e. The molecule has 0 aliphatic carbocycles. The van der Waals surface area contributed by atoms with E-state index in [0.29, 0.717) is 11.7 Å². The number of nitrogens with zero attached hydrogens (tertiary/aromatic N) is 2. The highest BCUT2D eigenvalue weighted by molar-refractivity contribution is 5.91. The minimum atomic E-state index is -0.167. The molecule has 2 rings (SSSR count). The molecule has 0 radical (unpaired) electrons. The summed E-state index contributed by atoms with van der Waals surface area (Å²) in [5, 5.41) is 6.40. The number of aryl methyl sites for hydroxylation is 2. The van der Waals surface area contributed by atoms with Crippen molar-refractivity contribution in [2.75, 3.05) is 5.32 Å². The molecule has 1 aromatic heterocycles. The maximum atomic E-state index is 11.7. The zero-order valence-corrected chi connectivity index (χ0v) is 9.73. The monoisotopic (exact) mass is 231 g/mol. The van der Waals surface area contributed by atoms with Gasteiger partial charge in [-0.05, 0) is 31.5 Å². The predicted octanol–water partition coefficient (Wildman–Crippen LogP) is 1.87. The standard InChI is InChI=1S/C12H13N3O2/c1-8-4-3-5-10(6-8)14-11(16)7-12-13-9(2)15-17-12/h3-6H,7H2,1-2H3,(H,14,16). The highest BCUT2D eigenvalue weighted by Crippen LogP contribution is 2.10. The molecule has 0 saturated carbocycles. The quantitative estimate of drug-likeness (QED) is 0.875. The van der Waals surface area contributed by atoms with Crippen molar-refractivity contribution in [1.29, 1.82) is 0 Å². The van der Waals surface area contributed by atoms with Crippen LogP contribution < -0.4 is 5.32 Å². The Bertz CT molecular complexity index is 534. The summed E-state index contributed by atoms with van der Waals surface area (Å²) < 4.78 is 4.87. The van der Waals surface area contributed by atoms with Crippen LogP contribution in [-0.4, -0.2) is 16.0 Å². The van der Waals surface area contributed by atoms with Crippen molar-refractivity contribution < 1.29 is 9.32 Å². The van der Waals surface area contributed by atoms with Crippen LogP contribution >= 0.6 is 0 Å². The summed E-state index contributed by atoms with van der Waals surface area (Å²) in [6.07, 6.45) is 0.0920. The summed E-state index contributed by atoms with van der Waals surface area (Å²) in [5.41, 5.74) is 1.86. The minimum Gasteiger partial charge on any atom is -0.339 e. The first-order chi connectivity index (χ1) is 8.13. The molecule has 5 nitrogen and oxygen atoms in total. The van der Waals surface area contributed by atoms with Gasteiger partial charge in [-0.3, -0.25) is 4.79 Å². The van der Waals surface area contributed by atoms with Gasteiger partial charge in [-0.15, -0.1) is 0 Å². The van der Waals surface area contributed by atoms with Crippen LogP contribution in [0.15, 0.2) is 28.8 Å². The summed E-state index contributed by atoms with van der Waals surface area (Å²) >= 11 is 0.